The molecule has 1 aliphatic heterocycles. The van der Waals surface area contributed by atoms with Gasteiger partial charge in [0.25, 0.3) is 5.91 Å². The lowest BCUT2D eigenvalue weighted by Gasteiger charge is -2.28. The predicted octanol–water partition coefficient (Wildman–Crippen LogP) is 4.45. The number of carbonyl (C=O) groups excluding carboxylic acids is 2. The summed E-state index contributed by atoms with van der Waals surface area (Å²) in [5.74, 6) is 1.64. The first kappa shape index (κ1) is 23.9. The van der Waals surface area contributed by atoms with Gasteiger partial charge in [0.05, 0.1) is 40.9 Å². The van der Waals surface area contributed by atoms with Crippen molar-refractivity contribution in [1.29, 1.82) is 0 Å². The molecule has 0 bridgehead atoms. The molecule has 0 aromatic heterocycles. The van der Waals surface area contributed by atoms with Crippen molar-refractivity contribution in [2.75, 3.05) is 33.8 Å². The van der Waals surface area contributed by atoms with Gasteiger partial charge in [-0.15, -0.1) is 0 Å². The first-order valence-electron chi connectivity index (χ1n) is 11.1. The van der Waals surface area contributed by atoms with Crippen LogP contribution >= 0.6 is 0 Å². The van der Waals surface area contributed by atoms with Crippen LogP contribution in [0.25, 0.3) is 0 Å². The molecule has 0 spiro atoms. The zero-order valence-electron chi connectivity index (χ0n) is 20.2. The molecule has 1 aliphatic rings. The van der Waals surface area contributed by atoms with Crippen LogP contribution in [0.15, 0.2) is 60.7 Å². The first-order valence-corrected chi connectivity index (χ1v) is 11.1. The van der Waals surface area contributed by atoms with Crippen molar-refractivity contribution < 1.29 is 28.5 Å². The van der Waals surface area contributed by atoms with Crippen LogP contribution in [0.3, 0.4) is 0 Å². The summed E-state index contributed by atoms with van der Waals surface area (Å²) < 4.78 is 21.4. The summed E-state index contributed by atoms with van der Waals surface area (Å²) in [5.41, 5.74) is 2.94. The van der Waals surface area contributed by atoms with Gasteiger partial charge in [-0.25, -0.2) is 0 Å². The van der Waals surface area contributed by atoms with Crippen LogP contribution in [0.1, 0.15) is 33.9 Å². The van der Waals surface area contributed by atoms with E-state index in [1.807, 2.05) is 48.5 Å². The van der Waals surface area contributed by atoms with Crippen LogP contribution in [-0.2, 0) is 11.3 Å². The third-order valence-electron chi connectivity index (χ3n) is 6.05. The Kier molecular flexibility index (Phi) is 7.10. The Balaban J connectivity index is 1.61. The van der Waals surface area contributed by atoms with Gasteiger partial charge in [0, 0.05) is 29.9 Å². The molecular weight excluding hydrogens is 448 g/mol. The van der Waals surface area contributed by atoms with E-state index in [0.29, 0.717) is 40.8 Å². The smallest absolute Gasteiger partial charge is 0.255 e. The first-order chi connectivity index (χ1) is 17.0. The molecule has 0 aliphatic carbocycles. The summed E-state index contributed by atoms with van der Waals surface area (Å²) in [4.78, 5) is 28.2. The summed E-state index contributed by atoms with van der Waals surface area (Å²) in [7, 11) is 6.14. The van der Waals surface area contributed by atoms with E-state index in [1.165, 1.54) is 21.3 Å². The maximum absolute atomic E-state index is 13.2. The van der Waals surface area contributed by atoms with E-state index in [0.717, 1.165) is 11.1 Å². The molecule has 3 aromatic rings. The average molecular weight is 477 g/mol. The minimum atomic E-state index is -0.470. The number of nitrogens with one attached hydrogen (secondary N) is 1. The zero-order chi connectivity index (χ0) is 24.9. The molecule has 8 heteroatoms. The van der Waals surface area contributed by atoms with Gasteiger partial charge in [-0.05, 0) is 29.3 Å². The molecular formula is C27H28N2O6. The molecule has 3 aromatic carbocycles. The molecule has 182 valence electrons. The van der Waals surface area contributed by atoms with Gasteiger partial charge < -0.3 is 29.2 Å². The summed E-state index contributed by atoms with van der Waals surface area (Å²) in [6.07, 6.45) is 0.0583. The second-order valence-electron chi connectivity index (χ2n) is 8.05. The average Bonchev–Trinajstić information content (AvgIpc) is 3.22. The van der Waals surface area contributed by atoms with Crippen LogP contribution in [0.5, 0.6) is 23.0 Å². The SMILES string of the molecule is COc1ccc([C@@H](CC(=O)Nc2cc(OC)c(OC)c(OC)c2)N2Cc3ccccc3C2=O)cc1. The fraction of sp³-hybridized carbons (Fsp3) is 0.259. The summed E-state index contributed by atoms with van der Waals surface area (Å²) in [5, 5.41) is 2.91. The topological polar surface area (TPSA) is 86.3 Å². The zero-order valence-corrected chi connectivity index (χ0v) is 20.2. The highest BCUT2D eigenvalue weighted by Gasteiger charge is 2.34. The standard InChI is InChI=1S/C27H28N2O6/c1-32-20-11-9-17(10-12-20)22(29-16-18-7-5-6-8-21(18)27(29)31)15-25(30)28-19-13-23(33-2)26(35-4)24(14-19)34-3/h5-14,22H,15-16H2,1-4H3,(H,28,30)/t22-/m1/s1. The van der Waals surface area contributed by atoms with Gasteiger partial charge in [-0.1, -0.05) is 30.3 Å². The second kappa shape index (κ2) is 10.4. The van der Waals surface area contributed by atoms with Crippen molar-refractivity contribution in [3.05, 3.63) is 77.4 Å². The second-order valence-corrected chi connectivity index (χ2v) is 8.05. The van der Waals surface area contributed by atoms with Crippen molar-refractivity contribution >= 4 is 17.5 Å². The van der Waals surface area contributed by atoms with E-state index in [1.54, 1.807) is 24.1 Å². The fourth-order valence-electron chi connectivity index (χ4n) is 4.30. The van der Waals surface area contributed by atoms with Gasteiger partial charge >= 0.3 is 0 Å². The van der Waals surface area contributed by atoms with Crippen LogP contribution < -0.4 is 24.3 Å². The molecule has 2 amide bonds. The molecule has 0 saturated heterocycles. The van der Waals surface area contributed by atoms with E-state index < -0.39 is 6.04 Å². The molecule has 4 rings (SSSR count). The highest BCUT2D eigenvalue weighted by molar-refractivity contribution is 5.99. The van der Waals surface area contributed by atoms with Crippen LogP contribution in [0.2, 0.25) is 0 Å². The molecule has 0 unspecified atom stereocenters. The number of carbonyl (C=O) groups is 2. The van der Waals surface area contributed by atoms with Crippen molar-refractivity contribution in [3.63, 3.8) is 0 Å². The number of methoxy groups -OCH3 is 4. The van der Waals surface area contributed by atoms with Crippen LogP contribution in [-0.4, -0.2) is 45.2 Å². The number of rotatable bonds is 9. The minimum absolute atomic E-state index is 0.0583. The predicted molar refractivity (Wildman–Crippen MR) is 131 cm³/mol. The summed E-state index contributed by atoms with van der Waals surface area (Å²) in [6, 6.07) is 17.8. The molecule has 0 saturated carbocycles. The van der Waals surface area contributed by atoms with Gasteiger partial charge in [0.2, 0.25) is 11.7 Å². The number of benzene rings is 3. The lowest BCUT2D eigenvalue weighted by atomic mass is 10.0. The van der Waals surface area contributed by atoms with Gasteiger partial charge in [-0.3, -0.25) is 9.59 Å². The quantitative estimate of drug-likeness (QED) is 0.491. The number of ether oxygens (including phenoxy) is 4. The Labute approximate surface area is 204 Å². The highest BCUT2D eigenvalue weighted by Crippen LogP contribution is 2.40. The van der Waals surface area contributed by atoms with E-state index >= 15 is 0 Å². The number of fused-ring (bicyclic) bond motifs is 1. The molecule has 0 fully saturated rings. The molecule has 0 radical (unpaired) electrons. The maximum atomic E-state index is 13.2. The number of anilines is 1. The Morgan fingerprint density at radius 2 is 1.57 bits per heavy atom. The third kappa shape index (κ3) is 4.87. The van der Waals surface area contributed by atoms with Gasteiger partial charge in [-0.2, -0.15) is 0 Å². The van der Waals surface area contributed by atoms with Crippen LogP contribution in [0, 0.1) is 0 Å². The number of amides is 2. The van der Waals surface area contributed by atoms with Gasteiger partial charge in [0.1, 0.15) is 5.75 Å². The van der Waals surface area contributed by atoms with E-state index in [4.69, 9.17) is 18.9 Å². The molecule has 8 nitrogen and oxygen atoms in total. The maximum Gasteiger partial charge on any atom is 0.255 e. The molecule has 1 heterocycles. The Hall–Kier alpha value is -4.20. The minimum Gasteiger partial charge on any atom is -0.497 e. The highest BCUT2D eigenvalue weighted by atomic mass is 16.5. The Morgan fingerprint density at radius 3 is 2.14 bits per heavy atom. The Bertz CT molecular complexity index is 1200. The monoisotopic (exact) mass is 476 g/mol. The number of hydrogen-bond acceptors (Lipinski definition) is 6. The normalized spacial score (nSPS) is 13.1. The third-order valence-corrected chi connectivity index (χ3v) is 6.05. The summed E-state index contributed by atoms with van der Waals surface area (Å²) >= 11 is 0. The number of nitrogens with zero attached hydrogens (tertiary/aromatic N) is 1. The van der Waals surface area contributed by atoms with Crippen LogP contribution in [0.4, 0.5) is 5.69 Å². The largest absolute Gasteiger partial charge is 0.497 e. The number of hydrogen-bond donors (Lipinski definition) is 1. The lowest BCUT2D eigenvalue weighted by molar-refractivity contribution is -0.117. The van der Waals surface area contributed by atoms with E-state index in [2.05, 4.69) is 5.32 Å². The van der Waals surface area contributed by atoms with Crippen molar-refractivity contribution in [3.8, 4) is 23.0 Å². The van der Waals surface area contributed by atoms with Crippen molar-refractivity contribution in [1.82, 2.24) is 4.90 Å². The van der Waals surface area contributed by atoms with E-state index in [9.17, 15) is 9.59 Å². The molecule has 35 heavy (non-hydrogen) atoms. The van der Waals surface area contributed by atoms with Gasteiger partial charge in [0.15, 0.2) is 11.5 Å². The Morgan fingerprint density at radius 1 is 0.914 bits per heavy atom. The van der Waals surface area contributed by atoms with Crippen molar-refractivity contribution in [2.24, 2.45) is 0 Å². The van der Waals surface area contributed by atoms with E-state index in [-0.39, 0.29) is 18.2 Å². The fourth-order valence-corrected chi connectivity index (χ4v) is 4.30. The lowest BCUT2D eigenvalue weighted by Crippen LogP contribution is -2.32. The van der Waals surface area contributed by atoms with Crippen molar-refractivity contribution in [2.45, 2.75) is 19.0 Å². The molecule has 1 atom stereocenters. The molecule has 1 N–H and O–H groups in total. The summed E-state index contributed by atoms with van der Waals surface area (Å²) in [6.45, 7) is 0.434.